The Morgan fingerprint density at radius 1 is 1.91 bits per heavy atom. The molecular formula is C7H9N3O. The number of aromatic amines is 1. The summed E-state index contributed by atoms with van der Waals surface area (Å²) in [7, 11) is 0. The molecular weight excluding hydrogens is 142 g/mol. The molecule has 0 radical (unpaired) electrons. The van der Waals surface area contributed by atoms with Crippen LogP contribution in [0.3, 0.4) is 0 Å². The smallest absolute Gasteiger partial charge is 0.313 e. The van der Waals surface area contributed by atoms with E-state index in [1.807, 2.05) is 13.0 Å². The van der Waals surface area contributed by atoms with Crippen molar-refractivity contribution in [1.82, 2.24) is 9.55 Å². The van der Waals surface area contributed by atoms with Crippen molar-refractivity contribution in [2.75, 3.05) is 0 Å². The zero-order valence-corrected chi connectivity index (χ0v) is 6.24. The fraction of sp³-hybridized carbons (Fsp3) is 0.429. The van der Waals surface area contributed by atoms with Crippen LogP contribution in [-0.4, -0.2) is 9.55 Å². The molecule has 0 saturated carbocycles. The summed E-state index contributed by atoms with van der Waals surface area (Å²) >= 11 is 0. The molecule has 0 bridgehead atoms. The first-order chi connectivity index (χ1) is 5.25. The number of hydrogen-bond acceptors (Lipinski definition) is 2. The first kappa shape index (κ1) is 7.61. The second kappa shape index (κ2) is 3.06. The number of hydrogen-bond donors (Lipinski definition) is 1. The van der Waals surface area contributed by atoms with Gasteiger partial charge in [-0.3, -0.25) is 4.57 Å². The van der Waals surface area contributed by atoms with Crippen molar-refractivity contribution in [2.45, 2.75) is 19.4 Å². The average Bonchev–Trinajstić information content (AvgIpc) is 2.36. The van der Waals surface area contributed by atoms with Crippen LogP contribution < -0.4 is 5.69 Å². The Kier molecular flexibility index (Phi) is 2.12. The minimum absolute atomic E-state index is 0.0428. The molecule has 1 N–H and O–H groups in total. The minimum atomic E-state index is -0.159. The van der Waals surface area contributed by atoms with Crippen molar-refractivity contribution < 1.29 is 0 Å². The molecule has 1 heterocycles. The van der Waals surface area contributed by atoms with Crippen molar-refractivity contribution in [1.29, 1.82) is 5.26 Å². The van der Waals surface area contributed by atoms with Gasteiger partial charge in [0.15, 0.2) is 0 Å². The third-order valence-corrected chi connectivity index (χ3v) is 1.54. The molecule has 4 nitrogen and oxygen atoms in total. The van der Waals surface area contributed by atoms with E-state index in [-0.39, 0.29) is 11.7 Å². The lowest BCUT2D eigenvalue weighted by molar-refractivity contribution is 0.542. The Labute approximate surface area is 64.1 Å². The zero-order valence-electron chi connectivity index (χ0n) is 6.24. The van der Waals surface area contributed by atoms with Crippen molar-refractivity contribution in [2.24, 2.45) is 0 Å². The largest absolute Gasteiger partial charge is 0.325 e. The fourth-order valence-electron chi connectivity index (χ4n) is 0.909. The van der Waals surface area contributed by atoms with Gasteiger partial charge >= 0.3 is 5.69 Å². The van der Waals surface area contributed by atoms with Gasteiger partial charge in [-0.1, -0.05) is 0 Å². The predicted octanol–water partition coefficient (Wildman–Crippen LogP) is 0.651. The van der Waals surface area contributed by atoms with E-state index >= 15 is 0 Å². The molecule has 0 saturated heterocycles. The molecule has 0 fully saturated rings. The lowest BCUT2D eigenvalue weighted by Crippen LogP contribution is -2.19. The molecule has 58 valence electrons. The molecule has 0 aromatic carbocycles. The van der Waals surface area contributed by atoms with Gasteiger partial charge < -0.3 is 4.98 Å². The molecule has 1 aromatic rings. The molecule has 11 heavy (non-hydrogen) atoms. The second-order valence-corrected chi connectivity index (χ2v) is 2.38. The highest BCUT2D eigenvalue weighted by molar-refractivity contribution is 4.84. The highest BCUT2D eigenvalue weighted by Gasteiger charge is 2.04. The molecule has 1 atom stereocenters. The van der Waals surface area contributed by atoms with Crippen LogP contribution in [0.15, 0.2) is 17.2 Å². The van der Waals surface area contributed by atoms with Crippen LogP contribution in [0, 0.1) is 11.3 Å². The molecule has 1 rings (SSSR count). The van der Waals surface area contributed by atoms with Crippen LogP contribution in [-0.2, 0) is 0 Å². The van der Waals surface area contributed by atoms with Crippen LogP contribution in [0.25, 0.3) is 0 Å². The number of nitrogens with zero attached hydrogens (tertiary/aromatic N) is 2. The molecule has 1 aromatic heterocycles. The lowest BCUT2D eigenvalue weighted by atomic mass is 10.2. The topological polar surface area (TPSA) is 61.6 Å². The van der Waals surface area contributed by atoms with Crippen LogP contribution in [0.2, 0.25) is 0 Å². The molecule has 0 aliphatic carbocycles. The van der Waals surface area contributed by atoms with E-state index < -0.39 is 0 Å². The van der Waals surface area contributed by atoms with E-state index in [2.05, 4.69) is 4.98 Å². The average molecular weight is 151 g/mol. The standard InChI is InChI=1S/C7H9N3O/c1-6(2-3-8)10-5-4-9-7(10)11/h4-6H,2H2,1H3,(H,9,11). The molecule has 4 heteroatoms. The first-order valence-corrected chi connectivity index (χ1v) is 3.38. The number of H-pyrrole nitrogens is 1. The Morgan fingerprint density at radius 2 is 2.64 bits per heavy atom. The highest BCUT2D eigenvalue weighted by atomic mass is 16.1. The van der Waals surface area contributed by atoms with Gasteiger partial charge in [0.05, 0.1) is 12.5 Å². The SMILES string of the molecule is CC(CC#N)n1cc[nH]c1=O. The first-order valence-electron chi connectivity index (χ1n) is 3.38. The molecule has 1 unspecified atom stereocenters. The Bertz CT molecular complexity index is 317. The van der Waals surface area contributed by atoms with Crippen molar-refractivity contribution in [3.05, 3.63) is 22.9 Å². The second-order valence-electron chi connectivity index (χ2n) is 2.38. The summed E-state index contributed by atoms with van der Waals surface area (Å²) in [5, 5.41) is 8.35. The number of nitriles is 1. The summed E-state index contributed by atoms with van der Waals surface area (Å²) in [6, 6.07) is 1.97. The monoisotopic (exact) mass is 151 g/mol. The van der Waals surface area contributed by atoms with Crippen molar-refractivity contribution in [3.63, 3.8) is 0 Å². The molecule has 0 aliphatic rings. The molecule has 0 aliphatic heterocycles. The van der Waals surface area contributed by atoms with E-state index in [1.54, 1.807) is 12.4 Å². The summed E-state index contributed by atoms with van der Waals surface area (Å²) in [6.45, 7) is 1.83. The van der Waals surface area contributed by atoms with Gasteiger partial charge in [-0.15, -0.1) is 0 Å². The maximum Gasteiger partial charge on any atom is 0.325 e. The molecule has 0 spiro atoms. The number of imidazole rings is 1. The normalized spacial score (nSPS) is 12.4. The minimum Gasteiger partial charge on any atom is -0.313 e. The van der Waals surface area contributed by atoms with Crippen molar-refractivity contribution >= 4 is 0 Å². The van der Waals surface area contributed by atoms with Crippen LogP contribution in [0.5, 0.6) is 0 Å². The summed E-state index contributed by atoms with van der Waals surface area (Å²) in [5.74, 6) is 0. The Balaban J connectivity index is 2.86. The summed E-state index contributed by atoms with van der Waals surface area (Å²) in [5.41, 5.74) is -0.159. The fourth-order valence-corrected chi connectivity index (χ4v) is 0.909. The zero-order chi connectivity index (χ0) is 8.27. The van der Waals surface area contributed by atoms with Crippen molar-refractivity contribution in [3.8, 4) is 6.07 Å². The Morgan fingerprint density at radius 3 is 3.09 bits per heavy atom. The summed E-state index contributed by atoms with van der Waals surface area (Å²) < 4.78 is 1.50. The maximum absolute atomic E-state index is 10.9. The highest BCUT2D eigenvalue weighted by Crippen LogP contribution is 2.04. The van der Waals surface area contributed by atoms with E-state index in [0.717, 1.165) is 0 Å². The number of rotatable bonds is 2. The maximum atomic E-state index is 10.9. The number of aromatic nitrogens is 2. The Hall–Kier alpha value is -1.50. The summed E-state index contributed by atoms with van der Waals surface area (Å²) in [4.78, 5) is 13.4. The van der Waals surface area contributed by atoms with Gasteiger partial charge in [0.1, 0.15) is 0 Å². The van der Waals surface area contributed by atoms with Gasteiger partial charge in [-0.2, -0.15) is 5.26 Å². The van der Waals surface area contributed by atoms with Crippen LogP contribution in [0.1, 0.15) is 19.4 Å². The lowest BCUT2D eigenvalue weighted by Gasteiger charge is -2.05. The summed E-state index contributed by atoms with van der Waals surface area (Å²) in [6.07, 6.45) is 3.57. The van der Waals surface area contributed by atoms with Gasteiger partial charge in [-0.05, 0) is 6.92 Å². The van der Waals surface area contributed by atoms with Gasteiger partial charge in [0, 0.05) is 18.4 Å². The van der Waals surface area contributed by atoms with Gasteiger partial charge in [-0.25, -0.2) is 4.79 Å². The van der Waals surface area contributed by atoms with Crippen LogP contribution in [0.4, 0.5) is 0 Å². The van der Waals surface area contributed by atoms with E-state index in [4.69, 9.17) is 5.26 Å². The van der Waals surface area contributed by atoms with E-state index in [0.29, 0.717) is 6.42 Å². The third-order valence-electron chi connectivity index (χ3n) is 1.54. The molecule has 0 amide bonds. The van der Waals surface area contributed by atoms with E-state index in [9.17, 15) is 4.79 Å². The van der Waals surface area contributed by atoms with Gasteiger partial charge in [0.25, 0.3) is 0 Å². The predicted molar refractivity (Wildman–Crippen MR) is 40.0 cm³/mol. The van der Waals surface area contributed by atoms with E-state index in [1.165, 1.54) is 4.57 Å². The third kappa shape index (κ3) is 1.49. The quantitative estimate of drug-likeness (QED) is 0.674. The van der Waals surface area contributed by atoms with Gasteiger partial charge in [0.2, 0.25) is 0 Å². The van der Waals surface area contributed by atoms with Crippen LogP contribution >= 0.6 is 0 Å². The number of nitrogens with one attached hydrogen (secondary N) is 1.